The summed E-state index contributed by atoms with van der Waals surface area (Å²) in [5.41, 5.74) is 0. The average Bonchev–Trinajstić information content (AvgIpc) is 1.61. The third kappa shape index (κ3) is 0.770. The van der Waals surface area contributed by atoms with Crippen molar-refractivity contribution >= 4 is 5.78 Å². The second kappa shape index (κ2) is 1.88. The van der Waals surface area contributed by atoms with Gasteiger partial charge in [0.1, 0.15) is 5.78 Å². The van der Waals surface area contributed by atoms with Crippen molar-refractivity contribution in [2.75, 3.05) is 0 Å². The van der Waals surface area contributed by atoms with Gasteiger partial charge in [0.2, 0.25) is 0 Å². The van der Waals surface area contributed by atoms with Crippen LogP contribution in [0.5, 0.6) is 0 Å². The van der Waals surface area contributed by atoms with Gasteiger partial charge in [-0.1, -0.05) is 6.92 Å². The zero-order valence-corrected chi connectivity index (χ0v) is 5.48. The zero-order valence-electron chi connectivity index (χ0n) is 5.48. The molecule has 0 N–H and O–H groups in total. The Hall–Kier alpha value is -0.330. The molecule has 0 heterocycles. The Bertz CT molecular complexity index is 107. The second-order valence-corrected chi connectivity index (χ2v) is 2.77. The van der Waals surface area contributed by atoms with E-state index in [9.17, 15) is 4.79 Å². The van der Waals surface area contributed by atoms with Crippen molar-refractivity contribution in [3.8, 4) is 0 Å². The lowest BCUT2D eigenvalue weighted by Crippen LogP contribution is -2.28. The Morgan fingerprint density at radius 3 is 2.12 bits per heavy atom. The van der Waals surface area contributed by atoms with Gasteiger partial charge in [-0.15, -0.1) is 0 Å². The number of Topliss-reactive ketones (excluding diaryl/α,β-unsaturated/α-hetero) is 1. The molecule has 1 saturated carbocycles. The molecule has 0 aromatic carbocycles. The van der Waals surface area contributed by atoms with Crippen LogP contribution >= 0.6 is 0 Å². The van der Waals surface area contributed by atoms with Crippen molar-refractivity contribution in [2.24, 2.45) is 11.8 Å². The van der Waals surface area contributed by atoms with Gasteiger partial charge < -0.3 is 0 Å². The molecular weight excluding hydrogens is 100 g/mol. The normalized spacial score (nSPS) is 36.2. The number of carbonyl (C=O) groups excluding carboxylic acids is 1. The maximum atomic E-state index is 10.6. The lowest BCUT2D eigenvalue weighted by Gasteiger charge is -2.31. The standard InChI is InChI=1S/C7H12O/c1-5-3-4-7(5)6(2)8/h5,7H,3-4H2,1-2H3/t5-,7+/m0/s1. The van der Waals surface area contributed by atoms with Gasteiger partial charge in [0.15, 0.2) is 0 Å². The van der Waals surface area contributed by atoms with Crippen LogP contribution in [0.1, 0.15) is 26.7 Å². The van der Waals surface area contributed by atoms with Crippen LogP contribution in [0, 0.1) is 11.8 Å². The van der Waals surface area contributed by atoms with Crippen LogP contribution in [0.3, 0.4) is 0 Å². The lowest BCUT2D eigenvalue weighted by atomic mass is 9.73. The summed E-state index contributed by atoms with van der Waals surface area (Å²) in [6.07, 6.45) is 2.39. The first-order chi connectivity index (χ1) is 3.72. The van der Waals surface area contributed by atoms with Crippen molar-refractivity contribution in [1.29, 1.82) is 0 Å². The van der Waals surface area contributed by atoms with Crippen molar-refractivity contribution < 1.29 is 4.79 Å². The van der Waals surface area contributed by atoms with Crippen LogP contribution < -0.4 is 0 Å². The monoisotopic (exact) mass is 112 g/mol. The molecule has 1 nitrogen and oxygen atoms in total. The fourth-order valence-corrected chi connectivity index (χ4v) is 1.27. The van der Waals surface area contributed by atoms with Crippen LogP contribution in [0.15, 0.2) is 0 Å². The van der Waals surface area contributed by atoms with E-state index in [-0.39, 0.29) is 0 Å². The summed E-state index contributed by atoms with van der Waals surface area (Å²) >= 11 is 0. The summed E-state index contributed by atoms with van der Waals surface area (Å²) in [4.78, 5) is 10.6. The Morgan fingerprint density at radius 1 is 1.50 bits per heavy atom. The van der Waals surface area contributed by atoms with E-state index < -0.39 is 0 Å². The van der Waals surface area contributed by atoms with Gasteiger partial charge in [0, 0.05) is 5.92 Å². The number of hydrogen-bond donors (Lipinski definition) is 0. The van der Waals surface area contributed by atoms with Crippen molar-refractivity contribution in [1.82, 2.24) is 0 Å². The Balaban J connectivity index is 2.37. The Morgan fingerprint density at radius 2 is 2.12 bits per heavy atom. The van der Waals surface area contributed by atoms with E-state index in [1.54, 1.807) is 6.92 Å². The van der Waals surface area contributed by atoms with E-state index in [4.69, 9.17) is 0 Å². The minimum Gasteiger partial charge on any atom is -0.300 e. The summed E-state index contributed by atoms with van der Waals surface area (Å²) in [5, 5.41) is 0. The van der Waals surface area contributed by atoms with Gasteiger partial charge in [-0.3, -0.25) is 4.79 Å². The van der Waals surface area contributed by atoms with Crippen molar-refractivity contribution in [3.63, 3.8) is 0 Å². The van der Waals surface area contributed by atoms with Gasteiger partial charge in [0.05, 0.1) is 0 Å². The Labute approximate surface area is 50.1 Å². The highest BCUT2D eigenvalue weighted by Gasteiger charge is 2.29. The molecule has 1 aliphatic rings. The highest BCUT2D eigenvalue weighted by molar-refractivity contribution is 5.79. The second-order valence-electron chi connectivity index (χ2n) is 2.77. The van der Waals surface area contributed by atoms with Crippen LogP contribution in [-0.2, 0) is 4.79 Å². The number of rotatable bonds is 1. The maximum Gasteiger partial charge on any atom is 0.133 e. The number of ketones is 1. The van der Waals surface area contributed by atoms with Crippen LogP contribution in [0.25, 0.3) is 0 Å². The molecule has 46 valence electrons. The molecule has 0 aromatic heterocycles. The quantitative estimate of drug-likeness (QED) is 0.503. The van der Waals surface area contributed by atoms with Crippen molar-refractivity contribution in [3.05, 3.63) is 0 Å². The van der Waals surface area contributed by atoms with E-state index >= 15 is 0 Å². The molecule has 2 atom stereocenters. The van der Waals surface area contributed by atoms with E-state index in [0.29, 0.717) is 17.6 Å². The van der Waals surface area contributed by atoms with Gasteiger partial charge in [-0.25, -0.2) is 0 Å². The smallest absolute Gasteiger partial charge is 0.133 e. The first kappa shape index (κ1) is 5.80. The zero-order chi connectivity index (χ0) is 6.15. The summed E-state index contributed by atoms with van der Waals surface area (Å²) < 4.78 is 0. The fourth-order valence-electron chi connectivity index (χ4n) is 1.27. The van der Waals surface area contributed by atoms with Gasteiger partial charge in [0.25, 0.3) is 0 Å². The SMILES string of the molecule is CC(=O)[C@@H]1CC[C@@H]1C. The van der Waals surface area contributed by atoms with Gasteiger partial charge in [-0.2, -0.15) is 0 Å². The lowest BCUT2D eigenvalue weighted by molar-refractivity contribution is -0.125. The minimum atomic E-state index is 0.378. The largest absolute Gasteiger partial charge is 0.300 e. The molecule has 0 aliphatic heterocycles. The molecule has 0 bridgehead atoms. The molecule has 0 radical (unpaired) electrons. The van der Waals surface area contributed by atoms with Crippen molar-refractivity contribution in [2.45, 2.75) is 26.7 Å². The molecular formula is C7H12O. The first-order valence-corrected chi connectivity index (χ1v) is 3.22. The third-order valence-electron chi connectivity index (χ3n) is 2.14. The van der Waals surface area contributed by atoms with Crippen LogP contribution in [-0.4, -0.2) is 5.78 Å². The number of carbonyl (C=O) groups is 1. The Kier molecular flexibility index (Phi) is 1.37. The predicted molar refractivity (Wildman–Crippen MR) is 32.6 cm³/mol. The summed E-state index contributed by atoms with van der Waals surface area (Å²) in [5.74, 6) is 1.46. The highest BCUT2D eigenvalue weighted by Crippen LogP contribution is 2.33. The number of hydrogen-bond acceptors (Lipinski definition) is 1. The predicted octanol–water partition coefficient (Wildman–Crippen LogP) is 1.62. The van der Waals surface area contributed by atoms with E-state index in [1.165, 1.54) is 6.42 Å². The van der Waals surface area contributed by atoms with Crippen LogP contribution in [0.4, 0.5) is 0 Å². The van der Waals surface area contributed by atoms with E-state index in [0.717, 1.165) is 6.42 Å². The van der Waals surface area contributed by atoms with Gasteiger partial charge >= 0.3 is 0 Å². The van der Waals surface area contributed by atoms with Gasteiger partial charge in [-0.05, 0) is 25.7 Å². The van der Waals surface area contributed by atoms with E-state index in [1.807, 2.05) is 0 Å². The molecule has 0 spiro atoms. The average molecular weight is 112 g/mol. The topological polar surface area (TPSA) is 17.1 Å². The molecule has 0 aromatic rings. The van der Waals surface area contributed by atoms with E-state index in [2.05, 4.69) is 6.92 Å². The molecule has 0 saturated heterocycles. The molecule has 0 unspecified atom stereocenters. The fraction of sp³-hybridized carbons (Fsp3) is 0.857. The van der Waals surface area contributed by atoms with Crippen LogP contribution in [0.2, 0.25) is 0 Å². The summed E-state index contributed by atoms with van der Waals surface area (Å²) in [6, 6.07) is 0. The highest BCUT2D eigenvalue weighted by atomic mass is 16.1. The summed E-state index contributed by atoms with van der Waals surface area (Å²) in [7, 11) is 0. The summed E-state index contributed by atoms with van der Waals surface area (Å²) in [6.45, 7) is 3.84. The molecule has 1 rings (SSSR count). The molecule has 1 fully saturated rings. The minimum absolute atomic E-state index is 0.378. The molecule has 0 amide bonds. The molecule has 8 heavy (non-hydrogen) atoms. The third-order valence-corrected chi connectivity index (χ3v) is 2.14. The molecule has 1 aliphatic carbocycles. The molecule has 1 heteroatoms. The first-order valence-electron chi connectivity index (χ1n) is 3.22. The maximum absolute atomic E-state index is 10.6.